The molecule has 4 aromatic carbocycles. The van der Waals surface area contributed by atoms with Crippen molar-refractivity contribution in [3.63, 3.8) is 0 Å². The molecule has 4 aromatic rings. The quantitative estimate of drug-likeness (QED) is 0.00971. The van der Waals surface area contributed by atoms with Crippen molar-refractivity contribution < 1.29 is 66.7 Å². The zero-order valence-electron chi connectivity index (χ0n) is 73.5. The SMILES string of the molecule is COc1ccc2c3c1O[C@H]1C(OC(=O)N4CCN(CN5CCN(C(=O)OC6=CC[C@@]7(C)[C@H]8Cc9ccc(OC)c%10c9[C@@]7(CCN8C)[C@H]6O%10)C(CNC(=O)[C@@H](CCCN)N(C)CCC(C)(C)C(=O)Oc6ccc(CC(=N)N)cc6)C5)CC4CNC(=O)[C@H](CCCN)CN(C)CCC(C)(C)C(=O)Oc4ccc(CC(=N)N)cc4)=CC[C@@]4(C)[C@@H](C2)N(C)CC[C@]314. The number of nitrogens with one attached hydrogen (secondary N) is 4. The molecule has 12 N–H and O–H groups in total. The fourth-order valence-electron chi connectivity index (χ4n) is 21.9. The largest absolute Gasteiger partial charge is 0.493 e. The number of benzene rings is 4. The highest BCUT2D eigenvalue weighted by atomic mass is 16.6. The van der Waals surface area contributed by atoms with Crippen LogP contribution in [0, 0.1) is 38.4 Å². The molecular formula is C92H130N16O14. The third-order valence-corrected chi connectivity index (χ3v) is 29.2. The van der Waals surface area contributed by atoms with E-state index in [1.807, 2.05) is 58.8 Å². The molecule has 0 aromatic heterocycles. The Labute approximate surface area is 718 Å². The van der Waals surface area contributed by atoms with E-state index in [1.165, 1.54) is 11.1 Å². The number of methoxy groups -OCH3 is 2. The predicted octanol–water partition coefficient (Wildman–Crippen LogP) is 7.27. The minimum atomic E-state index is -0.960. The first-order chi connectivity index (χ1) is 58.2. The number of amides is 4. The summed E-state index contributed by atoms with van der Waals surface area (Å²) in [5.41, 5.74) is 26.6. The van der Waals surface area contributed by atoms with Gasteiger partial charge in [-0.2, -0.15) is 0 Å². The number of esters is 2. The van der Waals surface area contributed by atoms with Crippen molar-refractivity contribution in [2.75, 3.05) is 147 Å². The lowest BCUT2D eigenvalue weighted by atomic mass is 9.45. The van der Waals surface area contributed by atoms with Crippen LogP contribution in [0.2, 0.25) is 0 Å². The predicted molar refractivity (Wildman–Crippen MR) is 463 cm³/mol. The molecule has 10 aliphatic rings. The third kappa shape index (κ3) is 17.1. The minimum absolute atomic E-state index is 0.0291. The average molecular weight is 1680 g/mol. The first-order valence-electron chi connectivity index (χ1n) is 43.8. The van der Waals surface area contributed by atoms with Crippen LogP contribution in [0.3, 0.4) is 0 Å². The molecule has 4 saturated heterocycles. The molecule has 0 saturated carbocycles. The average Bonchev–Trinajstić information content (AvgIpc) is 1.47. The van der Waals surface area contributed by atoms with Crippen LogP contribution in [0.25, 0.3) is 0 Å². The monoisotopic (exact) mass is 1680 g/mol. The summed E-state index contributed by atoms with van der Waals surface area (Å²) in [5.74, 6) is 2.63. The van der Waals surface area contributed by atoms with Crippen molar-refractivity contribution in [3.8, 4) is 34.5 Å². The maximum absolute atomic E-state index is 15.6. The highest BCUT2D eigenvalue weighted by molar-refractivity contribution is 5.83. The number of piperazine rings is 2. The van der Waals surface area contributed by atoms with Gasteiger partial charge in [-0.05, 0) is 243 Å². The highest BCUT2D eigenvalue weighted by Crippen LogP contribution is 2.71. The fourth-order valence-corrected chi connectivity index (χ4v) is 21.9. The van der Waals surface area contributed by atoms with Gasteiger partial charge in [0.05, 0.1) is 78.3 Å². The Bertz CT molecular complexity index is 4660. The number of hydrogen-bond acceptors (Lipinski definition) is 24. The number of piperidine rings is 2. The second-order valence-corrected chi connectivity index (χ2v) is 37.8. The van der Waals surface area contributed by atoms with Gasteiger partial charge in [-0.1, -0.05) is 50.2 Å². The van der Waals surface area contributed by atoms with Crippen LogP contribution in [-0.2, 0) is 65.2 Å². The summed E-state index contributed by atoms with van der Waals surface area (Å²) in [6.45, 7) is 18.1. The number of likely N-dealkylation sites (tertiary alicyclic amines) is 2. The molecule has 2 unspecified atom stereocenters. The van der Waals surface area contributed by atoms with Crippen LogP contribution in [0.1, 0.15) is 139 Å². The topological polar surface area (TPSA) is 378 Å². The molecule has 2 spiro atoms. The number of likely N-dealkylation sites (N-methyl/N-ethyl adjacent to an activating group) is 3. The van der Waals surface area contributed by atoms with Crippen molar-refractivity contribution in [2.24, 2.45) is 50.5 Å². The molecule has 30 heteroatoms. The van der Waals surface area contributed by atoms with Crippen molar-refractivity contribution in [2.45, 2.75) is 185 Å². The second kappa shape index (κ2) is 36.0. The maximum Gasteiger partial charge on any atom is 0.415 e. The summed E-state index contributed by atoms with van der Waals surface area (Å²) < 4.78 is 51.6. The molecule has 4 fully saturated rings. The van der Waals surface area contributed by atoms with Gasteiger partial charge in [-0.15, -0.1) is 0 Å². The van der Waals surface area contributed by atoms with Gasteiger partial charge >= 0.3 is 24.1 Å². The van der Waals surface area contributed by atoms with Crippen LogP contribution in [-0.4, -0.2) is 276 Å². The molecule has 122 heavy (non-hydrogen) atoms. The van der Waals surface area contributed by atoms with Crippen molar-refractivity contribution >= 4 is 47.6 Å². The van der Waals surface area contributed by atoms with E-state index in [0.29, 0.717) is 169 Å². The van der Waals surface area contributed by atoms with E-state index < -0.39 is 82.0 Å². The Morgan fingerprint density at radius 1 is 0.582 bits per heavy atom. The van der Waals surface area contributed by atoms with Gasteiger partial charge in [0.15, 0.2) is 35.2 Å². The van der Waals surface area contributed by atoms with Gasteiger partial charge < -0.3 is 96.0 Å². The number of ether oxygens (including phenoxy) is 8. The van der Waals surface area contributed by atoms with E-state index >= 15 is 19.2 Å². The van der Waals surface area contributed by atoms with E-state index in [1.54, 1.807) is 72.6 Å². The lowest BCUT2D eigenvalue weighted by Crippen LogP contribution is -2.69. The van der Waals surface area contributed by atoms with E-state index in [9.17, 15) is 9.59 Å². The Morgan fingerprint density at radius 3 is 1.45 bits per heavy atom. The van der Waals surface area contributed by atoms with Gasteiger partial charge in [0.25, 0.3) is 0 Å². The summed E-state index contributed by atoms with van der Waals surface area (Å²) in [4.78, 5) is 106. The van der Waals surface area contributed by atoms with Crippen LogP contribution >= 0.6 is 0 Å². The van der Waals surface area contributed by atoms with Crippen molar-refractivity contribution in [1.82, 2.24) is 49.8 Å². The van der Waals surface area contributed by atoms with Crippen LogP contribution in [0.15, 0.2) is 96.5 Å². The standard InChI is InChI=1S/C92H130N16O14/c1-87(2,83(111)117-64-23-17-57(18-24-64)47-73(95)96)33-39-101(7)53-61(15-13-37-93)81(109)99-51-62-54-105(43-45-107(62)85(113)119-69-29-31-89(5)71-49-59-21-27-67(115-11)77-75(59)91(89,79(69)121-77)35-41-103(71)9)56-106-44-46-108(86(114)120-70-30-32-90(6)72-50-60-22-28-68(116-12)78-76(60)92(90,80(70)122-78)36-42-104(72)10)63(55-106)52-100-82(110)66(16-14-38-94)102(8)40-34-88(3,4)84(112)118-65-25-19-58(20-26-65)48-74(97)98/h17-30,61-63,66,71-72,79-80H,13-16,31-56,93-94H2,1-12H3,(H3,95,96)(H3,97,98)(H,99,109)(H,100,110)/t61-,62?,63?,66-,71-,72-,79+,80+,89+,90+,91+,92+/m1/s1. The van der Waals surface area contributed by atoms with E-state index in [4.69, 9.17) is 71.6 Å². The molecule has 662 valence electrons. The summed E-state index contributed by atoms with van der Waals surface area (Å²) in [6, 6.07) is 20.7. The summed E-state index contributed by atoms with van der Waals surface area (Å²) in [5, 5.41) is 22.0. The number of nitrogens with two attached hydrogens (primary N) is 4. The lowest BCUT2D eigenvalue weighted by molar-refractivity contribution is -0.145. The summed E-state index contributed by atoms with van der Waals surface area (Å²) >= 11 is 0. The number of amidine groups is 2. The van der Waals surface area contributed by atoms with E-state index in [-0.39, 0.29) is 79.0 Å². The number of allylic oxidation sites excluding steroid dienone is 2. The number of carbonyl (C=O) groups excluding carboxylic acids is 6. The molecule has 0 radical (unpaired) electrons. The first kappa shape index (κ1) is 88.9. The molecule has 6 aliphatic heterocycles. The Morgan fingerprint density at radius 2 is 1.02 bits per heavy atom. The number of nitrogens with zero attached hydrogens (tertiary/aromatic N) is 8. The highest BCUT2D eigenvalue weighted by Gasteiger charge is 2.72. The van der Waals surface area contributed by atoms with Gasteiger partial charge in [0, 0.05) is 106 Å². The third-order valence-electron chi connectivity index (χ3n) is 29.2. The zero-order valence-corrected chi connectivity index (χ0v) is 73.5. The number of carbonyl (C=O) groups is 6. The van der Waals surface area contributed by atoms with Crippen LogP contribution in [0.5, 0.6) is 34.5 Å². The molecule has 6 heterocycles. The van der Waals surface area contributed by atoms with Gasteiger partial charge in [0.1, 0.15) is 23.0 Å². The summed E-state index contributed by atoms with van der Waals surface area (Å²) in [7, 11) is 11.5. The van der Waals surface area contributed by atoms with Gasteiger partial charge in [-0.25, -0.2) is 9.59 Å². The van der Waals surface area contributed by atoms with Crippen LogP contribution in [0.4, 0.5) is 9.59 Å². The minimum Gasteiger partial charge on any atom is -0.493 e. The molecule has 4 amide bonds. The molecule has 30 nitrogen and oxygen atoms in total. The summed E-state index contributed by atoms with van der Waals surface area (Å²) in [6.07, 6.45) is 9.79. The normalized spacial score (nSPS) is 26.3. The van der Waals surface area contributed by atoms with Crippen LogP contribution < -0.4 is 62.0 Å². The Balaban J connectivity index is 0.707. The molecule has 4 aliphatic carbocycles. The first-order valence-corrected chi connectivity index (χ1v) is 43.8. The van der Waals surface area contributed by atoms with Gasteiger partial charge in [0.2, 0.25) is 11.8 Å². The molecular weight excluding hydrogens is 1550 g/mol. The zero-order chi connectivity index (χ0) is 87.1. The fraction of sp³-hybridized carbons (Fsp3) is 0.609. The maximum atomic E-state index is 15.6. The Kier molecular flexibility index (Phi) is 26.3. The van der Waals surface area contributed by atoms with Crippen molar-refractivity contribution in [1.29, 1.82) is 10.8 Å². The molecule has 14 rings (SSSR count). The second-order valence-electron chi connectivity index (χ2n) is 37.8. The van der Waals surface area contributed by atoms with E-state index in [2.05, 4.69) is 87.4 Å². The van der Waals surface area contributed by atoms with Crippen molar-refractivity contribution in [3.05, 3.63) is 130 Å². The molecule has 4 bridgehead atoms. The number of rotatable bonds is 35. The lowest BCUT2D eigenvalue weighted by Gasteiger charge is -2.63. The van der Waals surface area contributed by atoms with Gasteiger partial charge in [-0.3, -0.25) is 44.7 Å². The molecule has 12 atom stereocenters. The van der Waals surface area contributed by atoms with E-state index in [0.717, 1.165) is 61.0 Å². The smallest absolute Gasteiger partial charge is 0.415 e. The number of hydrogen-bond donors (Lipinski definition) is 8. The Hall–Kier alpha value is -9.40.